The summed E-state index contributed by atoms with van der Waals surface area (Å²) in [4.78, 5) is 0. The van der Waals surface area contributed by atoms with E-state index in [9.17, 15) is 0 Å². The fourth-order valence-corrected chi connectivity index (χ4v) is 1.46. The molecule has 0 bridgehead atoms. The molecule has 0 amide bonds. The van der Waals surface area contributed by atoms with Gasteiger partial charge in [0.25, 0.3) is 0 Å². The van der Waals surface area contributed by atoms with Crippen molar-refractivity contribution >= 4 is 0 Å². The van der Waals surface area contributed by atoms with Gasteiger partial charge in [0.2, 0.25) is 0 Å². The number of benzene rings is 1. The van der Waals surface area contributed by atoms with Crippen molar-refractivity contribution in [3.8, 4) is 0 Å². The van der Waals surface area contributed by atoms with Gasteiger partial charge in [-0.15, -0.1) is 0 Å². The second kappa shape index (κ2) is 3.90. The molecule has 1 N–H and O–H groups in total. The Labute approximate surface area is 78.2 Å². The fraction of sp³-hybridized carbons (Fsp3) is 0.455. The molecule has 1 aromatic rings. The lowest BCUT2D eigenvalue weighted by Crippen LogP contribution is -2.35. The molecule has 0 saturated heterocycles. The third kappa shape index (κ3) is 2.29. The van der Waals surface area contributed by atoms with Crippen molar-refractivity contribution in [2.45, 2.75) is 31.7 Å². The maximum Gasteiger partial charge on any atom is 0.0720 e. The van der Waals surface area contributed by atoms with Gasteiger partial charge in [-0.3, -0.25) is 0 Å². The Balaban J connectivity index is 1.74. The number of ether oxygens (including phenoxy) is 1. The lowest BCUT2D eigenvalue weighted by Gasteiger charge is -2.31. The van der Waals surface area contributed by atoms with Crippen LogP contribution in [0.25, 0.3) is 0 Å². The second-order valence-corrected chi connectivity index (χ2v) is 3.54. The Bertz CT molecular complexity index is 252. The highest BCUT2D eigenvalue weighted by atomic mass is 16.5. The van der Waals surface area contributed by atoms with Crippen LogP contribution in [0.15, 0.2) is 30.3 Å². The number of rotatable bonds is 3. The molecule has 0 heterocycles. The first-order valence-corrected chi connectivity index (χ1v) is 4.68. The van der Waals surface area contributed by atoms with E-state index in [4.69, 9.17) is 9.84 Å². The zero-order valence-corrected chi connectivity index (χ0v) is 7.52. The van der Waals surface area contributed by atoms with Gasteiger partial charge in [0.1, 0.15) is 0 Å². The normalized spacial score (nSPS) is 26.8. The van der Waals surface area contributed by atoms with E-state index in [1.165, 1.54) is 5.56 Å². The number of aliphatic hydroxyl groups excluding tert-OH is 1. The van der Waals surface area contributed by atoms with Crippen LogP contribution < -0.4 is 0 Å². The Hall–Kier alpha value is -0.860. The van der Waals surface area contributed by atoms with Crippen molar-refractivity contribution in [2.24, 2.45) is 0 Å². The molecule has 0 aromatic heterocycles. The molecule has 70 valence electrons. The van der Waals surface area contributed by atoms with Crippen LogP contribution in [0.2, 0.25) is 0 Å². The molecular formula is C11H14O2. The summed E-state index contributed by atoms with van der Waals surface area (Å²) in [6, 6.07) is 10.1. The van der Waals surface area contributed by atoms with E-state index in [0.717, 1.165) is 12.8 Å². The van der Waals surface area contributed by atoms with Gasteiger partial charge in [0, 0.05) is 0 Å². The molecule has 2 nitrogen and oxygen atoms in total. The Kier molecular flexibility index (Phi) is 2.62. The summed E-state index contributed by atoms with van der Waals surface area (Å²) in [6.45, 7) is 0.665. The number of aliphatic hydroxyl groups is 1. The topological polar surface area (TPSA) is 29.5 Å². The highest BCUT2D eigenvalue weighted by Gasteiger charge is 2.27. The van der Waals surface area contributed by atoms with Crippen molar-refractivity contribution in [2.75, 3.05) is 0 Å². The third-order valence-corrected chi connectivity index (χ3v) is 2.40. The van der Waals surface area contributed by atoms with Gasteiger partial charge >= 0.3 is 0 Å². The molecule has 2 rings (SSSR count). The van der Waals surface area contributed by atoms with Crippen LogP contribution in [0.5, 0.6) is 0 Å². The Morgan fingerprint density at radius 2 is 1.92 bits per heavy atom. The van der Waals surface area contributed by atoms with E-state index in [-0.39, 0.29) is 12.2 Å². The van der Waals surface area contributed by atoms with Gasteiger partial charge in [-0.25, -0.2) is 0 Å². The quantitative estimate of drug-likeness (QED) is 0.763. The van der Waals surface area contributed by atoms with Crippen molar-refractivity contribution in [1.82, 2.24) is 0 Å². The average Bonchev–Trinajstić information content (AvgIpc) is 2.12. The molecule has 2 heteroatoms. The minimum atomic E-state index is -0.124. The van der Waals surface area contributed by atoms with E-state index in [1.807, 2.05) is 18.2 Å². The summed E-state index contributed by atoms with van der Waals surface area (Å²) in [5.74, 6) is 0. The lowest BCUT2D eigenvalue weighted by atomic mass is 9.92. The maximum atomic E-state index is 9.04. The molecule has 13 heavy (non-hydrogen) atoms. The van der Waals surface area contributed by atoms with Crippen molar-refractivity contribution in [3.63, 3.8) is 0 Å². The van der Waals surface area contributed by atoms with Crippen LogP contribution in [0.4, 0.5) is 0 Å². The third-order valence-electron chi connectivity index (χ3n) is 2.40. The SMILES string of the molecule is O[C@H]1C[C@@H](OCc2ccccc2)C1. The molecule has 1 fully saturated rings. The van der Waals surface area contributed by atoms with E-state index in [1.54, 1.807) is 0 Å². The first-order valence-electron chi connectivity index (χ1n) is 4.68. The summed E-state index contributed by atoms with van der Waals surface area (Å²) in [5.41, 5.74) is 1.20. The van der Waals surface area contributed by atoms with Gasteiger partial charge in [-0.1, -0.05) is 30.3 Å². The zero-order valence-electron chi connectivity index (χ0n) is 7.52. The molecular weight excluding hydrogens is 164 g/mol. The van der Waals surface area contributed by atoms with Gasteiger partial charge < -0.3 is 9.84 Å². The Morgan fingerprint density at radius 1 is 1.23 bits per heavy atom. The van der Waals surface area contributed by atoms with E-state index >= 15 is 0 Å². The lowest BCUT2D eigenvalue weighted by molar-refractivity contribution is -0.0778. The minimum Gasteiger partial charge on any atom is -0.393 e. The van der Waals surface area contributed by atoms with Crippen molar-refractivity contribution < 1.29 is 9.84 Å². The second-order valence-electron chi connectivity index (χ2n) is 3.54. The molecule has 1 aliphatic rings. The van der Waals surface area contributed by atoms with Crippen LogP contribution >= 0.6 is 0 Å². The van der Waals surface area contributed by atoms with Crippen LogP contribution in [-0.2, 0) is 11.3 Å². The van der Waals surface area contributed by atoms with Gasteiger partial charge in [0.15, 0.2) is 0 Å². The number of hydrogen-bond donors (Lipinski definition) is 1. The molecule has 0 unspecified atom stereocenters. The summed E-state index contributed by atoms with van der Waals surface area (Å²) in [5, 5.41) is 9.04. The predicted molar refractivity (Wildman–Crippen MR) is 50.3 cm³/mol. The smallest absolute Gasteiger partial charge is 0.0720 e. The van der Waals surface area contributed by atoms with E-state index < -0.39 is 0 Å². The van der Waals surface area contributed by atoms with Crippen LogP contribution in [0, 0.1) is 0 Å². The van der Waals surface area contributed by atoms with E-state index in [0.29, 0.717) is 6.61 Å². The van der Waals surface area contributed by atoms with Crippen LogP contribution in [0.1, 0.15) is 18.4 Å². The molecule has 0 atom stereocenters. The molecule has 1 saturated carbocycles. The van der Waals surface area contributed by atoms with Crippen molar-refractivity contribution in [1.29, 1.82) is 0 Å². The molecule has 1 aromatic carbocycles. The predicted octanol–water partition coefficient (Wildman–Crippen LogP) is 1.73. The zero-order chi connectivity index (χ0) is 9.10. The minimum absolute atomic E-state index is 0.124. The molecule has 1 aliphatic carbocycles. The summed E-state index contributed by atoms with van der Waals surface area (Å²) in [6.07, 6.45) is 1.75. The highest BCUT2D eigenvalue weighted by Crippen LogP contribution is 2.23. The highest BCUT2D eigenvalue weighted by molar-refractivity contribution is 5.13. The first kappa shape index (κ1) is 8.73. The summed E-state index contributed by atoms with van der Waals surface area (Å²) in [7, 11) is 0. The summed E-state index contributed by atoms with van der Waals surface area (Å²) >= 11 is 0. The van der Waals surface area contributed by atoms with Crippen LogP contribution in [0.3, 0.4) is 0 Å². The largest absolute Gasteiger partial charge is 0.393 e. The van der Waals surface area contributed by atoms with Gasteiger partial charge in [-0.2, -0.15) is 0 Å². The fourth-order valence-electron chi connectivity index (χ4n) is 1.46. The standard InChI is InChI=1S/C11H14O2/c12-10-6-11(7-10)13-8-9-4-2-1-3-5-9/h1-5,10-12H,6-8H2/t10-,11+. The first-order chi connectivity index (χ1) is 6.34. The summed E-state index contributed by atoms with van der Waals surface area (Å²) < 4.78 is 5.57. The monoisotopic (exact) mass is 178 g/mol. The van der Waals surface area contributed by atoms with Crippen molar-refractivity contribution in [3.05, 3.63) is 35.9 Å². The Morgan fingerprint density at radius 3 is 2.54 bits per heavy atom. The molecule has 0 spiro atoms. The molecule has 0 aliphatic heterocycles. The average molecular weight is 178 g/mol. The number of hydrogen-bond acceptors (Lipinski definition) is 2. The van der Waals surface area contributed by atoms with Gasteiger partial charge in [-0.05, 0) is 18.4 Å². The molecule has 0 radical (unpaired) electrons. The van der Waals surface area contributed by atoms with E-state index in [2.05, 4.69) is 12.1 Å². The van der Waals surface area contributed by atoms with Crippen LogP contribution in [-0.4, -0.2) is 17.3 Å². The maximum absolute atomic E-state index is 9.04. The van der Waals surface area contributed by atoms with Gasteiger partial charge in [0.05, 0.1) is 18.8 Å².